The molecule has 1 aliphatic rings. The molecule has 13 heavy (non-hydrogen) atoms. The van der Waals surface area contributed by atoms with Gasteiger partial charge in [0.15, 0.2) is 0 Å². The van der Waals surface area contributed by atoms with Gasteiger partial charge in [0.2, 0.25) is 0 Å². The van der Waals surface area contributed by atoms with Gasteiger partial charge in [-0.25, -0.2) is 9.18 Å². The number of halogens is 1. The van der Waals surface area contributed by atoms with Crippen LogP contribution in [0.5, 0.6) is 0 Å². The van der Waals surface area contributed by atoms with Crippen LogP contribution >= 0.6 is 0 Å². The number of hydrogen-bond donors (Lipinski definition) is 1. The molecule has 1 unspecified atom stereocenters. The highest BCUT2D eigenvalue weighted by Gasteiger charge is 2.24. The van der Waals surface area contributed by atoms with E-state index in [1.54, 1.807) is 6.92 Å². The maximum absolute atomic E-state index is 13.2. The Morgan fingerprint density at radius 2 is 2.46 bits per heavy atom. The fraction of sp³-hybridized carbons (Fsp3) is 0.667. The van der Waals surface area contributed by atoms with Gasteiger partial charge in [-0.05, 0) is 18.4 Å². The molecule has 0 bridgehead atoms. The molecular formula is C9H13FO3. The van der Waals surface area contributed by atoms with E-state index in [-0.39, 0.29) is 12.2 Å². The molecule has 0 aliphatic carbocycles. The maximum atomic E-state index is 13.2. The average molecular weight is 188 g/mol. The second-order valence-electron chi connectivity index (χ2n) is 2.95. The smallest absolute Gasteiger partial charge is 0.331 e. The number of hydrogen-bond acceptors (Lipinski definition) is 2. The molecule has 1 aliphatic heterocycles. The molecule has 1 atom stereocenters. The first-order valence-electron chi connectivity index (χ1n) is 4.33. The van der Waals surface area contributed by atoms with Crippen molar-refractivity contribution in [2.45, 2.75) is 25.9 Å². The van der Waals surface area contributed by atoms with Gasteiger partial charge in [-0.15, -0.1) is 0 Å². The van der Waals surface area contributed by atoms with E-state index in [2.05, 4.69) is 0 Å². The summed E-state index contributed by atoms with van der Waals surface area (Å²) in [6.45, 7) is 2.14. The van der Waals surface area contributed by atoms with Gasteiger partial charge >= 0.3 is 5.97 Å². The second-order valence-corrected chi connectivity index (χ2v) is 2.95. The van der Waals surface area contributed by atoms with Crippen LogP contribution in [0.2, 0.25) is 0 Å². The Balaban J connectivity index is 2.89. The van der Waals surface area contributed by atoms with Gasteiger partial charge in [0.1, 0.15) is 6.17 Å². The van der Waals surface area contributed by atoms with Crippen molar-refractivity contribution in [1.82, 2.24) is 0 Å². The molecule has 3 nitrogen and oxygen atoms in total. The molecule has 1 N–H and O–H groups in total. The lowest BCUT2D eigenvalue weighted by Crippen LogP contribution is -2.24. The first kappa shape index (κ1) is 10.2. The molecule has 0 aromatic heterocycles. The summed E-state index contributed by atoms with van der Waals surface area (Å²) in [6, 6.07) is 0. The zero-order chi connectivity index (χ0) is 9.84. The first-order chi connectivity index (χ1) is 6.16. The number of carboxylic acid groups (broad SMARTS) is 1. The van der Waals surface area contributed by atoms with E-state index in [9.17, 15) is 9.18 Å². The number of ether oxygens (including phenoxy) is 1. The highest BCUT2D eigenvalue weighted by Crippen LogP contribution is 2.23. The third-order valence-electron chi connectivity index (χ3n) is 2.16. The van der Waals surface area contributed by atoms with Gasteiger partial charge in [0, 0.05) is 5.57 Å². The zero-order valence-corrected chi connectivity index (χ0v) is 7.55. The summed E-state index contributed by atoms with van der Waals surface area (Å²) in [5.74, 6) is -1.01. The Morgan fingerprint density at radius 3 is 2.92 bits per heavy atom. The molecule has 0 saturated carbocycles. The van der Waals surface area contributed by atoms with Crippen LogP contribution in [0.1, 0.15) is 19.8 Å². The quantitative estimate of drug-likeness (QED) is 0.668. The second kappa shape index (κ2) is 4.37. The minimum absolute atomic E-state index is 0.00782. The molecule has 0 spiro atoms. The third-order valence-corrected chi connectivity index (χ3v) is 2.16. The van der Waals surface area contributed by atoms with E-state index in [4.69, 9.17) is 9.84 Å². The van der Waals surface area contributed by atoms with Gasteiger partial charge in [-0.2, -0.15) is 0 Å². The fourth-order valence-corrected chi connectivity index (χ4v) is 1.48. The Kier molecular flexibility index (Phi) is 3.42. The summed E-state index contributed by atoms with van der Waals surface area (Å²) in [7, 11) is 0. The molecular weight excluding hydrogens is 175 g/mol. The van der Waals surface area contributed by atoms with Crippen molar-refractivity contribution < 1.29 is 19.0 Å². The SMILES string of the molecule is CC/C(C(=O)O)=C1/CCOCC1F. The number of rotatable bonds is 2. The Bertz CT molecular complexity index is 235. The third kappa shape index (κ3) is 2.28. The maximum Gasteiger partial charge on any atom is 0.331 e. The van der Waals surface area contributed by atoms with Crippen molar-refractivity contribution in [2.24, 2.45) is 0 Å². The Morgan fingerprint density at radius 1 is 1.77 bits per heavy atom. The predicted molar refractivity (Wildman–Crippen MR) is 45.3 cm³/mol. The zero-order valence-electron chi connectivity index (χ0n) is 7.55. The van der Waals surface area contributed by atoms with Crippen molar-refractivity contribution in [1.29, 1.82) is 0 Å². The highest BCUT2D eigenvalue weighted by atomic mass is 19.1. The fourth-order valence-electron chi connectivity index (χ4n) is 1.48. The summed E-state index contributed by atoms with van der Waals surface area (Å²) in [4.78, 5) is 10.7. The van der Waals surface area contributed by atoms with E-state index in [0.29, 0.717) is 25.0 Å². The number of aliphatic carboxylic acids is 1. The van der Waals surface area contributed by atoms with E-state index in [1.165, 1.54) is 0 Å². The molecule has 4 heteroatoms. The lowest BCUT2D eigenvalue weighted by Gasteiger charge is -2.21. The molecule has 1 rings (SSSR count). The van der Waals surface area contributed by atoms with Crippen LogP contribution < -0.4 is 0 Å². The predicted octanol–water partition coefficient (Wildman–Crippen LogP) is 1.54. The van der Waals surface area contributed by atoms with Gasteiger partial charge in [-0.1, -0.05) is 6.92 Å². The van der Waals surface area contributed by atoms with Crippen molar-refractivity contribution in [2.75, 3.05) is 13.2 Å². The number of alkyl halides is 1. The normalized spacial score (nSPS) is 27.1. The van der Waals surface area contributed by atoms with E-state index >= 15 is 0 Å². The largest absolute Gasteiger partial charge is 0.478 e. The molecule has 0 radical (unpaired) electrons. The van der Waals surface area contributed by atoms with Gasteiger partial charge in [-0.3, -0.25) is 0 Å². The first-order valence-corrected chi connectivity index (χ1v) is 4.33. The topological polar surface area (TPSA) is 46.5 Å². The molecule has 1 fully saturated rings. The summed E-state index contributed by atoms with van der Waals surface area (Å²) in [6.07, 6.45) is -0.471. The number of carbonyl (C=O) groups is 1. The van der Waals surface area contributed by atoms with Crippen molar-refractivity contribution >= 4 is 5.97 Å². The highest BCUT2D eigenvalue weighted by molar-refractivity contribution is 5.87. The van der Waals surface area contributed by atoms with Crippen LogP contribution in [0.4, 0.5) is 4.39 Å². The lowest BCUT2D eigenvalue weighted by molar-refractivity contribution is -0.133. The van der Waals surface area contributed by atoms with Crippen molar-refractivity contribution in [3.63, 3.8) is 0 Å². The lowest BCUT2D eigenvalue weighted by atomic mass is 9.98. The summed E-state index contributed by atoms with van der Waals surface area (Å²) >= 11 is 0. The van der Waals surface area contributed by atoms with Gasteiger partial charge in [0.25, 0.3) is 0 Å². The van der Waals surface area contributed by atoms with Crippen LogP contribution in [-0.2, 0) is 9.53 Å². The average Bonchev–Trinajstić information content (AvgIpc) is 2.09. The van der Waals surface area contributed by atoms with E-state index < -0.39 is 12.1 Å². The molecule has 0 aromatic rings. The van der Waals surface area contributed by atoms with Crippen LogP contribution in [0.25, 0.3) is 0 Å². The summed E-state index contributed by atoms with van der Waals surface area (Å²) < 4.78 is 18.1. The summed E-state index contributed by atoms with van der Waals surface area (Å²) in [5.41, 5.74) is 0.608. The van der Waals surface area contributed by atoms with Crippen LogP contribution in [-0.4, -0.2) is 30.5 Å². The molecule has 74 valence electrons. The van der Waals surface area contributed by atoms with Crippen molar-refractivity contribution in [3.8, 4) is 0 Å². The van der Waals surface area contributed by atoms with E-state index in [0.717, 1.165) is 0 Å². The minimum atomic E-state index is -1.24. The molecule has 1 saturated heterocycles. The van der Waals surface area contributed by atoms with Gasteiger partial charge in [0.05, 0.1) is 13.2 Å². The van der Waals surface area contributed by atoms with Crippen LogP contribution in [0.3, 0.4) is 0 Å². The minimum Gasteiger partial charge on any atom is -0.478 e. The van der Waals surface area contributed by atoms with E-state index in [1.807, 2.05) is 0 Å². The summed E-state index contributed by atoms with van der Waals surface area (Å²) in [5, 5.41) is 8.78. The van der Waals surface area contributed by atoms with Crippen LogP contribution in [0.15, 0.2) is 11.1 Å². The van der Waals surface area contributed by atoms with Crippen molar-refractivity contribution in [3.05, 3.63) is 11.1 Å². The standard InChI is InChI=1S/C9H13FO3/c1-2-6(9(11)12)7-3-4-13-5-8(7)10/h8H,2-5H2,1H3,(H,11,12)/b7-6+. The molecule has 1 heterocycles. The molecule has 0 amide bonds. The Labute approximate surface area is 76.2 Å². The van der Waals surface area contributed by atoms with Gasteiger partial charge < -0.3 is 9.84 Å². The number of carboxylic acids is 1. The van der Waals surface area contributed by atoms with Crippen LogP contribution in [0, 0.1) is 0 Å². The monoisotopic (exact) mass is 188 g/mol. The Hall–Kier alpha value is -0.900. The molecule has 0 aromatic carbocycles.